The molecule has 0 aliphatic carbocycles. The first kappa shape index (κ1) is 11.0. The lowest BCUT2D eigenvalue weighted by Gasteiger charge is -2.13. The summed E-state index contributed by atoms with van der Waals surface area (Å²) in [6, 6.07) is 5.39. The maximum absolute atomic E-state index is 11.9. The first-order valence-corrected chi connectivity index (χ1v) is 5.84. The second-order valence-corrected chi connectivity index (χ2v) is 5.41. The van der Waals surface area contributed by atoms with E-state index in [1.165, 1.54) is 0 Å². The van der Waals surface area contributed by atoms with Crippen molar-refractivity contribution >= 4 is 16.7 Å². The molecule has 0 aromatic carbocycles. The van der Waals surface area contributed by atoms with Crippen molar-refractivity contribution in [2.45, 2.75) is 26.2 Å². The van der Waals surface area contributed by atoms with Crippen molar-refractivity contribution in [2.75, 3.05) is 0 Å². The highest BCUT2D eigenvalue weighted by molar-refractivity contribution is 5.75. The van der Waals surface area contributed by atoms with Gasteiger partial charge in [0.25, 0.3) is 5.56 Å². The molecule has 3 heterocycles. The number of hydrogen-bond acceptors (Lipinski definition) is 3. The summed E-state index contributed by atoms with van der Waals surface area (Å²) < 4.78 is 1.69. The van der Waals surface area contributed by atoms with Gasteiger partial charge in [-0.1, -0.05) is 20.8 Å². The highest BCUT2D eigenvalue weighted by atomic mass is 16.1. The number of pyridine rings is 1. The van der Waals surface area contributed by atoms with Crippen LogP contribution in [0.15, 0.2) is 29.2 Å². The highest BCUT2D eigenvalue weighted by Gasteiger charge is 2.19. The number of hydrogen-bond donors (Lipinski definition) is 1. The molecule has 0 spiro atoms. The topological polar surface area (TPSA) is 63.0 Å². The van der Waals surface area contributed by atoms with E-state index in [1.54, 1.807) is 22.8 Å². The van der Waals surface area contributed by atoms with Crippen LogP contribution in [0.2, 0.25) is 0 Å². The van der Waals surface area contributed by atoms with E-state index in [2.05, 4.69) is 35.8 Å². The van der Waals surface area contributed by atoms with Gasteiger partial charge in [0.15, 0.2) is 5.65 Å². The molecule has 92 valence electrons. The minimum absolute atomic E-state index is 0.0655. The van der Waals surface area contributed by atoms with E-state index in [0.29, 0.717) is 16.7 Å². The smallest absolute Gasteiger partial charge is 0.260 e. The summed E-state index contributed by atoms with van der Waals surface area (Å²) in [4.78, 5) is 19.0. The van der Waals surface area contributed by atoms with Crippen LogP contribution < -0.4 is 5.56 Å². The van der Waals surface area contributed by atoms with Gasteiger partial charge < -0.3 is 4.98 Å². The fourth-order valence-electron chi connectivity index (χ4n) is 1.92. The van der Waals surface area contributed by atoms with Gasteiger partial charge >= 0.3 is 0 Å². The molecule has 3 aromatic heterocycles. The number of nitrogens with zero attached hydrogens (tertiary/aromatic N) is 3. The summed E-state index contributed by atoms with van der Waals surface area (Å²) in [5.74, 6) is 0. The minimum Gasteiger partial charge on any atom is -0.306 e. The summed E-state index contributed by atoms with van der Waals surface area (Å²) in [6.07, 6.45) is 1.67. The van der Waals surface area contributed by atoms with Crippen LogP contribution in [0.25, 0.3) is 16.7 Å². The molecule has 0 aliphatic heterocycles. The van der Waals surface area contributed by atoms with Gasteiger partial charge in [-0.25, -0.2) is 4.98 Å². The molecule has 3 rings (SSSR count). The molecule has 0 saturated carbocycles. The molecule has 3 aromatic rings. The molecule has 1 N–H and O–H groups in total. The number of aromatic nitrogens is 4. The summed E-state index contributed by atoms with van der Waals surface area (Å²) in [5.41, 5.74) is 1.99. The first-order chi connectivity index (χ1) is 8.47. The standard InChI is InChI=1S/C13H14N4O/c1-13(2,3)9-7-10-15-12(18)8-5-4-6-14-11(8)17(10)16-9/h4-7H,1-3H3,(H,15,18). The molecule has 0 bridgehead atoms. The largest absolute Gasteiger partial charge is 0.306 e. The Morgan fingerprint density at radius 1 is 1.33 bits per heavy atom. The van der Waals surface area contributed by atoms with Crippen molar-refractivity contribution in [1.82, 2.24) is 19.6 Å². The molecule has 0 saturated heterocycles. The Bertz CT molecular complexity index is 792. The Morgan fingerprint density at radius 3 is 2.83 bits per heavy atom. The van der Waals surface area contributed by atoms with E-state index in [4.69, 9.17) is 0 Å². The van der Waals surface area contributed by atoms with E-state index >= 15 is 0 Å². The predicted octanol–water partition coefficient (Wildman–Crippen LogP) is 1.87. The monoisotopic (exact) mass is 242 g/mol. The lowest BCUT2D eigenvalue weighted by atomic mass is 9.93. The Labute approximate surface area is 103 Å². The van der Waals surface area contributed by atoms with Gasteiger partial charge in [-0.2, -0.15) is 9.61 Å². The van der Waals surface area contributed by atoms with Crippen LogP contribution in [0.4, 0.5) is 0 Å². The van der Waals surface area contributed by atoms with Gasteiger partial charge in [0.2, 0.25) is 0 Å². The van der Waals surface area contributed by atoms with Gasteiger partial charge in [-0.3, -0.25) is 4.79 Å². The Hall–Kier alpha value is -2.17. The number of H-pyrrole nitrogens is 1. The number of nitrogens with one attached hydrogen (secondary N) is 1. The van der Waals surface area contributed by atoms with E-state index in [-0.39, 0.29) is 11.0 Å². The van der Waals surface area contributed by atoms with Crippen molar-refractivity contribution in [2.24, 2.45) is 0 Å². The maximum atomic E-state index is 11.9. The van der Waals surface area contributed by atoms with Gasteiger partial charge in [-0.15, -0.1) is 0 Å². The molecule has 18 heavy (non-hydrogen) atoms. The van der Waals surface area contributed by atoms with Gasteiger partial charge in [0.1, 0.15) is 5.65 Å². The molecule has 0 amide bonds. The van der Waals surface area contributed by atoms with Crippen LogP contribution in [0.5, 0.6) is 0 Å². The summed E-state index contributed by atoms with van der Waals surface area (Å²) in [5, 5.41) is 5.09. The van der Waals surface area contributed by atoms with Crippen LogP contribution in [-0.4, -0.2) is 19.6 Å². The molecular weight excluding hydrogens is 228 g/mol. The molecule has 0 atom stereocenters. The third kappa shape index (κ3) is 1.51. The molecule has 5 heteroatoms. The highest BCUT2D eigenvalue weighted by Crippen LogP contribution is 2.22. The third-order valence-electron chi connectivity index (χ3n) is 2.95. The van der Waals surface area contributed by atoms with Gasteiger partial charge in [-0.05, 0) is 12.1 Å². The lowest BCUT2D eigenvalue weighted by Crippen LogP contribution is -2.12. The van der Waals surface area contributed by atoms with E-state index in [9.17, 15) is 4.79 Å². The minimum atomic E-state index is -0.133. The van der Waals surface area contributed by atoms with Gasteiger partial charge in [0, 0.05) is 17.7 Å². The molecule has 0 fully saturated rings. The zero-order chi connectivity index (χ0) is 12.9. The Balaban J connectivity index is 2.48. The van der Waals surface area contributed by atoms with Crippen molar-refractivity contribution in [1.29, 1.82) is 0 Å². The van der Waals surface area contributed by atoms with Crippen molar-refractivity contribution in [3.05, 3.63) is 40.4 Å². The summed E-state index contributed by atoms with van der Waals surface area (Å²) in [7, 11) is 0. The van der Waals surface area contributed by atoms with E-state index < -0.39 is 0 Å². The van der Waals surface area contributed by atoms with E-state index in [0.717, 1.165) is 5.69 Å². The fourth-order valence-corrected chi connectivity index (χ4v) is 1.92. The Morgan fingerprint density at radius 2 is 2.11 bits per heavy atom. The fraction of sp³-hybridized carbons (Fsp3) is 0.308. The maximum Gasteiger partial charge on any atom is 0.260 e. The van der Waals surface area contributed by atoms with Crippen LogP contribution in [-0.2, 0) is 5.41 Å². The van der Waals surface area contributed by atoms with Crippen LogP contribution >= 0.6 is 0 Å². The predicted molar refractivity (Wildman–Crippen MR) is 69.8 cm³/mol. The van der Waals surface area contributed by atoms with Crippen molar-refractivity contribution in [3.8, 4) is 0 Å². The van der Waals surface area contributed by atoms with Crippen LogP contribution in [0.3, 0.4) is 0 Å². The van der Waals surface area contributed by atoms with Crippen LogP contribution in [0.1, 0.15) is 26.5 Å². The quantitative estimate of drug-likeness (QED) is 0.654. The number of fused-ring (bicyclic) bond motifs is 3. The lowest BCUT2D eigenvalue weighted by molar-refractivity contribution is 0.563. The van der Waals surface area contributed by atoms with Crippen molar-refractivity contribution in [3.63, 3.8) is 0 Å². The molecule has 0 aliphatic rings. The molecule has 0 radical (unpaired) electrons. The normalized spacial score (nSPS) is 12.4. The second-order valence-electron chi connectivity index (χ2n) is 5.41. The molecule has 0 unspecified atom stereocenters. The molecule has 5 nitrogen and oxygen atoms in total. The third-order valence-corrected chi connectivity index (χ3v) is 2.95. The zero-order valence-corrected chi connectivity index (χ0v) is 10.6. The second kappa shape index (κ2) is 3.41. The zero-order valence-electron chi connectivity index (χ0n) is 10.6. The number of aromatic amines is 1. The molecular formula is C13H14N4O. The SMILES string of the molecule is CC(C)(C)c1cc2[nH]c(=O)c3cccnc3n2n1. The van der Waals surface area contributed by atoms with Crippen LogP contribution in [0, 0.1) is 0 Å². The van der Waals surface area contributed by atoms with Gasteiger partial charge in [0.05, 0.1) is 11.1 Å². The summed E-state index contributed by atoms with van der Waals surface area (Å²) >= 11 is 0. The van der Waals surface area contributed by atoms with E-state index in [1.807, 2.05) is 6.07 Å². The first-order valence-electron chi connectivity index (χ1n) is 5.84. The summed E-state index contributed by atoms with van der Waals surface area (Å²) in [6.45, 7) is 6.26. The Kier molecular flexibility index (Phi) is 2.08. The average Bonchev–Trinajstić information content (AvgIpc) is 2.73. The number of rotatable bonds is 0. The van der Waals surface area contributed by atoms with Crippen molar-refractivity contribution < 1.29 is 0 Å². The average molecular weight is 242 g/mol.